The molecule has 244 valence electrons. The average Bonchev–Trinajstić information content (AvgIpc) is 3.42. The summed E-state index contributed by atoms with van der Waals surface area (Å²) in [6, 6.07) is 18.6. The van der Waals surface area contributed by atoms with Crippen LogP contribution in [0, 0.1) is 5.82 Å². The summed E-state index contributed by atoms with van der Waals surface area (Å²) in [7, 11) is 0. The van der Waals surface area contributed by atoms with Crippen LogP contribution in [0.4, 0.5) is 4.39 Å². The lowest BCUT2D eigenvalue weighted by Crippen LogP contribution is -2.63. The lowest BCUT2D eigenvalue weighted by molar-refractivity contribution is -0.0259. The highest BCUT2D eigenvalue weighted by molar-refractivity contribution is 6.42. The van der Waals surface area contributed by atoms with Gasteiger partial charge in [-0.05, 0) is 81.1 Å². The summed E-state index contributed by atoms with van der Waals surface area (Å²) in [5, 5.41) is 4.88. The number of benzene rings is 3. The number of nitrogens with zero attached hydrogens (tertiary/aromatic N) is 3. The number of hydrogen-bond donors (Lipinski definition) is 1. The number of amides is 1. The highest BCUT2D eigenvalue weighted by Gasteiger charge is 2.38. The van der Waals surface area contributed by atoms with Crippen LogP contribution < -0.4 is 14.8 Å². The first-order valence-corrected chi connectivity index (χ1v) is 16.9. The van der Waals surface area contributed by atoms with Crippen molar-refractivity contribution in [3.8, 4) is 11.5 Å². The molecule has 10 heteroatoms. The summed E-state index contributed by atoms with van der Waals surface area (Å²) in [6.45, 7) is 9.71. The molecule has 3 aliphatic rings. The molecule has 3 saturated heterocycles. The molecule has 7 rings (SSSR count). The predicted molar refractivity (Wildman–Crippen MR) is 182 cm³/mol. The van der Waals surface area contributed by atoms with E-state index >= 15 is 0 Å². The van der Waals surface area contributed by atoms with Gasteiger partial charge in [-0.25, -0.2) is 4.39 Å². The van der Waals surface area contributed by atoms with Crippen LogP contribution in [-0.2, 0) is 13.1 Å². The van der Waals surface area contributed by atoms with Crippen molar-refractivity contribution in [3.05, 3.63) is 93.8 Å². The zero-order valence-corrected chi connectivity index (χ0v) is 27.9. The third-order valence-corrected chi connectivity index (χ3v) is 9.71. The zero-order valence-electron chi connectivity index (χ0n) is 26.4. The second-order valence-corrected chi connectivity index (χ2v) is 13.3. The molecule has 0 spiro atoms. The number of aryl methyl sites for hydroxylation is 1. The van der Waals surface area contributed by atoms with E-state index in [0.29, 0.717) is 46.6 Å². The fourth-order valence-electron chi connectivity index (χ4n) is 6.77. The highest BCUT2D eigenvalue weighted by atomic mass is 35.5. The van der Waals surface area contributed by atoms with Crippen molar-refractivity contribution in [2.75, 3.05) is 32.8 Å². The highest BCUT2D eigenvalue weighted by Crippen LogP contribution is 2.32. The van der Waals surface area contributed by atoms with Crippen molar-refractivity contribution in [1.29, 1.82) is 0 Å². The quantitative estimate of drug-likeness (QED) is 0.161. The lowest BCUT2D eigenvalue weighted by Gasteiger charge is -2.51. The first kappa shape index (κ1) is 32.6. The molecule has 0 radical (unpaired) electrons. The average molecular weight is 668 g/mol. The molecule has 3 aromatic carbocycles. The molecule has 3 fully saturated rings. The van der Waals surface area contributed by atoms with E-state index in [4.69, 9.17) is 32.7 Å². The maximum atomic E-state index is 13.5. The summed E-state index contributed by atoms with van der Waals surface area (Å²) in [4.78, 5) is 18.7. The van der Waals surface area contributed by atoms with Crippen LogP contribution in [0.25, 0.3) is 10.9 Å². The summed E-state index contributed by atoms with van der Waals surface area (Å²) in [5.41, 5.74) is 2.45. The van der Waals surface area contributed by atoms with Gasteiger partial charge in [0.2, 0.25) is 0 Å². The molecule has 4 heterocycles. The van der Waals surface area contributed by atoms with Crippen molar-refractivity contribution < 1.29 is 18.7 Å². The van der Waals surface area contributed by atoms with E-state index in [1.165, 1.54) is 25.0 Å². The fourth-order valence-corrected chi connectivity index (χ4v) is 7.09. The Kier molecular flexibility index (Phi) is 10.4. The number of carbonyl (C=O) groups excluding carboxylic acids is 1. The van der Waals surface area contributed by atoms with Crippen LogP contribution in [-0.4, -0.2) is 71.2 Å². The molecule has 7 nitrogen and oxygen atoms in total. The van der Waals surface area contributed by atoms with Crippen LogP contribution in [0.1, 0.15) is 49.0 Å². The third-order valence-electron chi connectivity index (χ3n) is 8.97. The second kappa shape index (κ2) is 14.6. The number of rotatable bonds is 13. The number of para-hydroxylation sites is 1. The van der Waals surface area contributed by atoms with Crippen molar-refractivity contribution in [2.45, 2.75) is 64.4 Å². The van der Waals surface area contributed by atoms with Crippen molar-refractivity contribution >= 4 is 40.0 Å². The van der Waals surface area contributed by atoms with Crippen LogP contribution in [0.15, 0.2) is 66.9 Å². The number of nitrogens with one attached hydrogen (secondary N) is 1. The topological polar surface area (TPSA) is 59.0 Å². The summed E-state index contributed by atoms with van der Waals surface area (Å²) >= 11 is 12.2. The van der Waals surface area contributed by atoms with Gasteiger partial charge in [-0.3, -0.25) is 14.6 Å². The summed E-state index contributed by atoms with van der Waals surface area (Å²) in [6.07, 6.45) is 5.35. The molecule has 46 heavy (non-hydrogen) atoms. The number of ether oxygens (including phenoxy) is 2. The Morgan fingerprint density at radius 2 is 1.70 bits per heavy atom. The van der Waals surface area contributed by atoms with E-state index < -0.39 is 0 Å². The number of hydrogen-bond acceptors (Lipinski definition) is 5. The van der Waals surface area contributed by atoms with Gasteiger partial charge in [0.15, 0.2) is 0 Å². The smallest absolute Gasteiger partial charge is 0.253 e. The van der Waals surface area contributed by atoms with E-state index in [9.17, 15) is 9.18 Å². The first-order chi connectivity index (χ1) is 22.2. The van der Waals surface area contributed by atoms with Gasteiger partial charge in [0, 0.05) is 62.9 Å². The Bertz CT molecular complexity index is 1660. The fraction of sp³-hybridized carbons (Fsp3) is 0.417. The standard InChI is InChI=1S/C36H41Cl2FN4O3/c1-24(2)46-34-6-3-5-30-31(36(44)40-20-25-7-14-32(37)33(38)19-25)23-43(35(30)34)16-4-15-41-21-28-11-10-27(41)22-42(28)17-18-45-29-12-8-26(39)9-13-29/h3,5-9,12-14,19,23-24,27-28H,4,10-11,15-18,20-22H2,1-2H3,(H,40,44). The van der Waals surface area contributed by atoms with Gasteiger partial charge in [0.1, 0.15) is 23.9 Å². The van der Waals surface area contributed by atoms with Crippen molar-refractivity contribution in [1.82, 2.24) is 19.7 Å². The molecule has 0 aliphatic carbocycles. The monoisotopic (exact) mass is 666 g/mol. The van der Waals surface area contributed by atoms with E-state index in [0.717, 1.165) is 61.4 Å². The Balaban J connectivity index is 1.08. The van der Waals surface area contributed by atoms with Gasteiger partial charge in [0.05, 0.1) is 27.2 Å². The molecule has 1 N–H and O–H groups in total. The third kappa shape index (κ3) is 7.63. The van der Waals surface area contributed by atoms with Gasteiger partial charge in [-0.1, -0.05) is 41.4 Å². The van der Waals surface area contributed by atoms with Gasteiger partial charge in [-0.2, -0.15) is 0 Å². The Morgan fingerprint density at radius 3 is 2.39 bits per heavy atom. The molecular formula is C36H41Cl2FN4O3. The Morgan fingerprint density at radius 1 is 0.957 bits per heavy atom. The Labute approximate surface area is 280 Å². The number of halogens is 3. The molecule has 2 unspecified atom stereocenters. The van der Waals surface area contributed by atoms with E-state index in [-0.39, 0.29) is 17.8 Å². The number of piperazine rings is 1. The molecular weight excluding hydrogens is 626 g/mol. The number of piperidine rings is 2. The maximum Gasteiger partial charge on any atom is 0.253 e. The second-order valence-electron chi connectivity index (χ2n) is 12.5. The predicted octanol–water partition coefficient (Wildman–Crippen LogP) is 7.42. The molecule has 4 aromatic rings. The Hall–Kier alpha value is -3.30. The minimum absolute atomic E-state index is 0.00816. The van der Waals surface area contributed by atoms with Gasteiger partial charge < -0.3 is 19.4 Å². The van der Waals surface area contributed by atoms with Gasteiger partial charge in [0.25, 0.3) is 5.91 Å². The summed E-state index contributed by atoms with van der Waals surface area (Å²) < 4.78 is 27.5. The van der Waals surface area contributed by atoms with Crippen molar-refractivity contribution in [3.63, 3.8) is 0 Å². The first-order valence-electron chi connectivity index (χ1n) is 16.1. The molecule has 3 aliphatic heterocycles. The van der Waals surface area contributed by atoms with Crippen LogP contribution in [0.5, 0.6) is 11.5 Å². The maximum absolute atomic E-state index is 13.5. The molecule has 1 aromatic heterocycles. The lowest BCUT2D eigenvalue weighted by atomic mass is 9.90. The van der Waals surface area contributed by atoms with Gasteiger partial charge >= 0.3 is 0 Å². The molecule has 0 saturated carbocycles. The number of fused-ring (bicyclic) bond motifs is 4. The van der Waals surface area contributed by atoms with Crippen LogP contribution >= 0.6 is 23.2 Å². The number of carbonyl (C=O) groups is 1. The normalized spacial score (nSPS) is 18.4. The molecule has 2 atom stereocenters. The minimum Gasteiger partial charge on any atom is -0.492 e. The minimum atomic E-state index is -0.252. The van der Waals surface area contributed by atoms with E-state index in [1.54, 1.807) is 24.3 Å². The SMILES string of the molecule is CC(C)Oc1cccc2c(C(=O)NCc3ccc(Cl)c(Cl)c3)cn(CCCN3CC4CCC3CN4CCOc3ccc(F)cc3)c12. The van der Waals surface area contributed by atoms with E-state index in [1.807, 2.05) is 44.3 Å². The van der Waals surface area contributed by atoms with E-state index in [2.05, 4.69) is 19.7 Å². The van der Waals surface area contributed by atoms with Crippen LogP contribution in [0.2, 0.25) is 10.0 Å². The zero-order chi connectivity index (χ0) is 32.2. The number of aromatic nitrogens is 1. The molecule has 2 bridgehead atoms. The largest absolute Gasteiger partial charge is 0.492 e. The summed E-state index contributed by atoms with van der Waals surface area (Å²) in [5.74, 6) is 1.09. The molecule has 1 amide bonds. The van der Waals surface area contributed by atoms with Crippen molar-refractivity contribution in [2.24, 2.45) is 0 Å². The van der Waals surface area contributed by atoms with Gasteiger partial charge in [-0.15, -0.1) is 0 Å². The van der Waals surface area contributed by atoms with Crippen LogP contribution in [0.3, 0.4) is 0 Å².